The molecule has 1 radical (unpaired) electrons. The van der Waals surface area contributed by atoms with Gasteiger partial charge in [-0.2, -0.15) is 0 Å². The van der Waals surface area contributed by atoms with Crippen LogP contribution >= 0.6 is 0 Å². The summed E-state index contributed by atoms with van der Waals surface area (Å²) in [6.45, 7) is 21.9. The summed E-state index contributed by atoms with van der Waals surface area (Å²) in [6, 6.07) is 0. The van der Waals surface area contributed by atoms with Gasteiger partial charge < -0.3 is 0 Å². The van der Waals surface area contributed by atoms with Gasteiger partial charge in [0.2, 0.25) is 0 Å². The molecular formula is C36H75Sn. The molecule has 0 saturated carbocycles. The molecule has 1 unspecified atom stereocenters. The van der Waals surface area contributed by atoms with E-state index in [1.54, 1.807) is 47.4 Å². The molecule has 1 heteroatoms. The average Bonchev–Trinajstić information content (AvgIpc) is 2.84. The van der Waals surface area contributed by atoms with Crippen molar-refractivity contribution in [2.75, 3.05) is 0 Å². The Hall–Kier alpha value is 0.799. The average molecular weight is 627 g/mol. The van der Waals surface area contributed by atoms with Crippen molar-refractivity contribution in [1.82, 2.24) is 0 Å². The zero-order chi connectivity index (χ0) is 27.9. The molecule has 0 N–H and O–H groups in total. The molecule has 0 aromatic rings. The summed E-state index contributed by atoms with van der Waals surface area (Å²) in [4.78, 5) is 0. The van der Waals surface area contributed by atoms with Gasteiger partial charge in [0, 0.05) is 0 Å². The van der Waals surface area contributed by atoms with Gasteiger partial charge in [-0.3, -0.25) is 0 Å². The Bertz CT molecular complexity index is 439. The fraction of sp³-hybridized carbons (Fsp3) is 1.00. The van der Waals surface area contributed by atoms with Crippen LogP contribution in [0.5, 0.6) is 0 Å². The molecule has 0 saturated heterocycles. The molecule has 0 bridgehead atoms. The fourth-order valence-corrected chi connectivity index (χ4v) is 19.8. The molecule has 0 aliphatic heterocycles. The van der Waals surface area contributed by atoms with Crippen LogP contribution in [-0.2, 0) is 0 Å². The normalized spacial score (nSPS) is 13.5. The van der Waals surface area contributed by atoms with Gasteiger partial charge in [0.1, 0.15) is 0 Å². The predicted molar refractivity (Wildman–Crippen MR) is 175 cm³/mol. The van der Waals surface area contributed by atoms with E-state index in [9.17, 15) is 0 Å². The van der Waals surface area contributed by atoms with Gasteiger partial charge in [0.25, 0.3) is 0 Å². The van der Waals surface area contributed by atoms with E-state index >= 15 is 0 Å². The number of unbranched alkanes of at least 4 members (excludes halogenated alkanes) is 7. The monoisotopic (exact) mass is 627 g/mol. The van der Waals surface area contributed by atoms with E-state index in [0.717, 1.165) is 27.1 Å². The Labute approximate surface area is 245 Å². The van der Waals surface area contributed by atoms with Crippen molar-refractivity contribution in [1.29, 1.82) is 0 Å². The second-order valence-corrected chi connectivity index (χ2v) is 23.3. The van der Waals surface area contributed by atoms with Crippen LogP contribution in [0.4, 0.5) is 0 Å². The van der Waals surface area contributed by atoms with E-state index in [1.165, 1.54) is 89.9 Å². The van der Waals surface area contributed by atoms with Crippen LogP contribution in [0.3, 0.4) is 0 Å². The first-order valence-electron chi connectivity index (χ1n) is 17.6. The quantitative estimate of drug-likeness (QED) is 0.0629. The Morgan fingerprint density at radius 3 is 1.24 bits per heavy atom. The van der Waals surface area contributed by atoms with Gasteiger partial charge in [0.05, 0.1) is 0 Å². The van der Waals surface area contributed by atoms with Gasteiger partial charge in [-0.15, -0.1) is 0 Å². The summed E-state index contributed by atoms with van der Waals surface area (Å²) in [7, 11) is 0. The molecule has 0 aliphatic rings. The van der Waals surface area contributed by atoms with Crippen LogP contribution < -0.4 is 0 Å². The summed E-state index contributed by atoms with van der Waals surface area (Å²) < 4.78 is 4.23. The summed E-state index contributed by atoms with van der Waals surface area (Å²) in [5.41, 5.74) is 0. The molecule has 0 aromatic carbocycles. The number of rotatable bonds is 27. The summed E-state index contributed by atoms with van der Waals surface area (Å²) in [6.07, 6.45) is 29.9. The minimum absolute atomic E-state index is 0.802. The van der Waals surface area contributed by atoms with Gasteiger partial charge in [-0.1, -0.05) is 0 Å². The molecule has 223 valence electrons. The number of hydrogen-bond acceptors (Lipinski definition) is 0. The van der Waals surface area contributed by atoms with E-state index in [0.29, 0.717) is 0 Å². The fourth-order valence-electron chi connectivity index (χ4n) is 6.84. The standard InChI is InChI=1S/C20H41.2C8H17.Sn/c1-6-9-14-19(15-10-7-2)20(16-11-8-3)17-12-13-18(4)5;2*1-4-5-6-7-8(2)3;/h18,20H,6-17H2,1-5H3;2*8H,1,4-7H2,2-3H3;. The third kappa shape index (κ3) is 18.7. The Balaban J connectivity index is 5.94. The van der Waals surface area contributed by atoms with Crippen LogP contribution in [0.15, 0.2) is 0 Å². The van der Waals surface area contributed by atoms with E-state index in [-0.39, 0.29) is 0 Å². The predicted octanol–water partition coefficient (Wildman–Crippen LogP) is 13.7. The summed E-state index contributed by atoms with van der Waals surface area (Å²) >= 11 is -1.60. The molecule has 0 rings (SSSR count). The first kappa shape index (κ1) is 37.8. The SMILES string of the molecule is CCCCC(CCCC(C)C)[C](CCCC)(CCCC)[Sn]([CH2]CCCCC(C)C)[CH2]CCCCC(C)C. The van der Waals surface area contributed by atoms with E-state index in [1.807, 2.05) is 0 Å². The molecular weight excluding hydrogens is 551 g/mol. The van der Waals surface area contributed by atoms with Gasteiger partial charge in [-0.25, -0.2) is 0 Å². The van der Waals surface area contributed by atoms with Gasteiger partial charge >= 0.3 is 246 Å². The van der Waals surface area contributed by atoms with Crippen molar-refractivity contribution in [3.05, 3.63) is 0 Å². The number of hydrogen-bond donors (Lipinski definition) is 0. The molecule has 0 aliphatic carbocycles. The first-order chi connectivity index (χ1) is 17.7. The molecule has 0 spiro atoms. The Morgan fingerprint density at radius 2 is 0.838 bits per heavy atom. The summed E-state index contributed by atoms with van der Waals surface area (Å²) in [5, 5.41) is 0. The summed E-state index contributed by atoms with van der Waals surface area (Å²) in [5.74, 6) is 3.68. The zero-order valence-electron chi connectivity index (χ0n) is 27.9. The van der Waals surface area contributed by atoms with E-state index in [4.69, 9.17) is 0 Å². The van der Waals surface area contributed by atoms with Crippen molar-refractivity contribution in [3.8, 4) is 0 Å². The molecule has 1 atom stereocenters. The van der Waals surface area contributed by atoms with E-state index < -0.39 is 19.8 Å². The molecule has 0 nitrogen and oxygen atoms in total. The Kier molecular flexibility index (Phi) is 25.1. The van der Waals surface area contributed by atoms with E-state index in [2.05, 4.69) is 62.3 Å². The Morgan fingerprint density at radius 1 is 0.432 bits per heavy atom. The topological polar surface area (TPSA) is 0 Å². The van der Waals surface area contributed by atoms with Gasteiger partial charge in [-0.05, 0) is 0 Å². The second-order valence-electron chi connectivity index (χ2n) is 14.1. The van der Waals surface area contributed by atoms with Crippen LogP contribution in [0.2, 0.25) is 12.3 Å². The van der Waals surface area contributed by atoms with Crippen LogP contribution in [0.1, 0.15) is 191 Å². The molecule has 0 heterocycles. The first-order valence-corrected chi connectivity index (χ1v) is 23.0. The van der Waals surface area contributed by atoms with Crippen LogP contribution in [0.25, 0.3) is 0 Å². The third-order valence-corrected chi connectivity index (χ3v) is 21.3. The molecule has 37 heavy (non-hydrogen) atoms. The maximum atomic E-state index is 2.46. The van der Waals surface area contributed by atoms with Crippen molar-refractivity contribution in [2.24, 2.45) is 23.7 Å². The van der Waals surface area contributed by atoms with Gasteiger partial charge in [0.15, 0.2) is 0 Å². The van der Waals surface area contributed by atoms with Crippen molar-refractivity contribution >= 4 is 19.8 Å². The van der Waals surface area contributed by atoms with Crippen molar-refractivity contribution in [3.63, 3.8) is 0 Å². The van der Waals surface area contributed by atoms with Crippen molar-refractivity contribution in [2.45, 2.75) is 203 Å². The molecule has 0 aromatic heterocycles. The van der Waals surface area contributed by atoms with Crippen LogP contribution in [0, 0.1) is 23.7 Å². The zero-order valence-corrected chi connectivity index (χ0v) is 30.7. The molecule has 0 fully saturated rings. The second kappa shape index (κ2) is 24.6. The third-order valence-electron chi connectivity index (χ3n) is 9.20. The maximum absolute atomic E-state index is 2.46. The minimum atomic E-state index is -1.60. The van der Waals surface area contributed by atoms with Crippen LogP contribution in [-0.4, -0.2) is 19.8 Å². The molecule has 0 amide bonds. The van der Waals surface area contributed by atoms with Crippen molar-refractivity contribution < 1.29 is 0 Å².